The number of rotatable bonds is 8. The Morgan fingerprint density at radius 3 is 2.60 bits per heavy atom. The summed E-state index contributed by atoms with van der Waals surface area (Å²) in [6, 6.07) is 5.00. The molecule has 0 radical (unpaired) electrons. The number of halogens is 3. The first-order valence-corrected chi connectivity index (χ1v) is 6.80. The fraction of sp³-hybridized carbons (Fsp3) is 0.571. The molecule has 3 N–H and O–H groups in total. The molecule has 0 amide bonds. The second kappa shape index (κ2) is 8.11. The largest absolute Gasteiger partial charge is 0.493 e. The van der Waals surface area contributed by atoms with E-state index in [0.29, 0.717) is 6.61 Å². The van der Waals surface area contributed by atoms with Gasteiger partial charge in [-0.25, -0.2) is 0 Å². The van der Waals surface area contributed by atoms with E-state index < -0.39 is 11.7 Å². The maximum absolute atomic E-state index is 12.5. The number of hydrogen-bond donors (Lipinski definition) is 2. The maximum Gasteiger partial charge on any atom is 0.416 e. The van der Waals surface area contributed by atoms with Crippen LogP contribution in [0.4, 0.5) is 13.2 Å². The highest BCUT2D eigenvalue weighted by molar-refractivity contribution is 5.30. The number of quaternary nitrogens is 2. The lowest BCUT2D eigenvalue weighted by Crippen LogP contribution is -3.09. The van der Waals surface area contributed by atoms with Gasteiger partial charge in [-0.05, 0) is 18.2 Å². The predicted molar refractivity (Wildman–Crippen MR) is 70.9 cm³/mol. The van der Waals surface area contributed by atoms with Gasteiger partial charge in [0.15, 0.2) is 0 Å². The molecule has 0 atom stereocenters. The third-order valence-corrected chi connectivity index (χ3v) is 2.83. The van der Waals surface area contributed by atoms with E-state index >= 15 is 0 Å². The van der Waals surface area contributed by atoms with Crippen LogP contribution in [0, 0.1) is 0 Å². The molecule has 0 fully saturated rings. The monoisotopic (exact) mass is 292 g/mol. The molecule has 1 aromatic carbocycles. The zero-order valence-corrected chi connectivity index (χ0v) is 12.0. The van der Waals surface area contributed by atoms with Crippen LogP contribution < -0.4 is 15.0 Å². The van der Waals surface area contributed by atoms with Crippen LogP contribution in [-0.4, -0.2) is 40.3 Å². The highest BCUT2D eigenvalue weighted by Crippen LogP contribution is 2.31. The van der Waals surface area contributed by atoms with Crippen molar-refractivity contribution in [3.8, 4) is 5.75 Å². The van der Waals surface area contributed by atoms with Gasteiger partial charge in [-0.1, -0.05) is 6.07 Å². The molecule has 20 heavy (non-hydrogen) atoms. The Morgan fingerprint density at radius 2 is 1.95 bits per heavy atom. The van der Waals surface area contributed by atoms with E-state index in [0.717, 1.165) is 38.2 Å². The smallest absolute Gasteiger partial charge is 0.416 e. The molecule has 0 bridgehead atoms. The van der Waals surface area contributed by atoms with Crippen molar-refractivity contribution in [2.24, 2.45) is 0 Å². The number of benzene rings is 1. The van der Waals surface area contributed by atoms with Gasteiger partial charge in [0.2, 0.25) is 0 Å². The van der Waals surface area contributed by atoms with Crippen molar-refractivity contribution >= 4 is 0 Å². The second-order valence-corrected chi connectivity index (χ2v) is 5.05. The minimum atomic E-state index is -4.32. The summed E-state index contributed by atoms with van der Waals surface area (Å²) in [7, 11) is 4.20. The van der Waals surface area contributed by atoms with Crippen LogP contribution in [0.5, 0.6) is 5.75 Å². The number of hydrogen-bond acceptors (Lipinski definition) is 1. The van der Waals surface area contributed by atoms with Crippen LogP contribution in [0.25, 0.3) is 0 Å². The van der Waals surface area contributed by atoms with Gasteiger partial charge in [0.25, 0.3) is 0 Å². The first-order chi connectivity index (χ1) is 9.39. The maximum atomic E-state index is 12.5. The van der Waals surface area contributed by atoms with Crippen LogP contribution in [0.15, 0.2) is 24.3 Å². The molecule has 0 saturated carbocycles. The van der Waals surface area contributed by atoms with Gasteiger partial charge in [-0.2, -0.15) is 13.2 Å². The SMILES string of the molecule is C[NH+](C)CC[NH2+]CCCOc1cccc(C(F)(F)F)c1. The lowest BCUT2D eigenvalue weighted by molar-refractivity contribution is -0.874. The molecule has 0 spiro atoms. The number of nitrogens with one attached hydrogen (secondary N) is 1. The summed E-state index contributed by atoms with van der Waals surface area (Å²) >= 11 is 0. The molecule has 6 heteroatoms. The molecule has 114 valence electrons. The third-order valence-electron chi connectivity index (χ3n) is 2.83. The summed E-state index contributed by atoms with van der Waals surface area (Å²) in [5, 5.41) is 2.20. The zero-order valence-electron chi connectivity index (χ0n) is 12.0. The van der Waals surface area contributed by atoms with Crippen LogP contribution in [-0.2, 0) is 6.18 Å². The molecule has 0 saturated heterocycles. The Balaban J connectivity index is 2.22. The quantitative estimate of drug-likeness (QED) is 0.658. The average Bonchev–Trinajstić information content (AvgIpc) is 2.36. The van der Waals surface area contributed by atoms with Crippen LogP contribution in [0.1, 0.15) is 12.0 Å². The molecule has 0 aromatic heterocycles. The highest BCUT2D eigenvalue weighted by Gasteiger charge is 2.30. The Kier molecular flexibility index (Phi) is 6.81. The van der Waals surface area contributed by atoms with Crippen molar-refractivity contribution in [1.82, 2.24) is 0 Å². The molecule has 0 heterocycles. The first kappa shape index (κ1) is 16.8. The van der Waals surface area contributed by atoms with Gasteiger partial charge < -0.3 is 15.0 Å². The summed E-state index contributed by atoms with van der Waals surface area (Å²) in [6.45, 7) is 3.50. The summed E-state index contributed by atoms with van der Waals surface area (Å²) in [5.41, 5.74) is -0.671. The topological polar surface area (TPSA) is 30.3 Å². The fourth-order valence-corrected chi connectivity index (χ4v) is 1.71. The number of nitrogens with two attached hydrogens (primary N) is 1. The molecule has 1 rings (SSSR count). The molecule has 0 aliphatic rings. The minimum absolute atomic E-state index is 0.276. The lowest BCUT2D eigenvalue weighted by Gasteiger charge is -2.10. The molecule has 3 nitrogen and oxygen atoms in total. The average molecular weight is 292 g/mol. The van der Waals surface area contributed by atoms with E-state index in [1.54, 1.807) is 6.07 Å². The van der Waals surface area contributed by atoms with Crippen molar-refractivity contribution in [3.63, 3.8) is 0 Å². The molecular formula is C14H23F3N2O+2. The molecule has 0 aliphatic heterocycles. The normalized spacial score (nSPS) is 11.9. The molecular weight excluding hydrogens is 269 g/mol. The van der Waals surface area contributed by atoms with Crippen molar-refractivity contribution in [2.45, 2.75) is 12.6 Å². The van der Waals surface area contributed by atoms with E-state index in [1.807, 2.05) is 0 Å². The predicted octanol–water partition coefficient (Wildman–Crippen LogP) is 0.182. The van der Waals surface area contributed by atoms with Gasteiger partial charge in [0, 0.05) is 6.42 Å². The number of ether oxygens (including phenoxy) is 1. The summed E-state index contributed by atoms with van der Waals surface area (Å²) in [4.78, 5) is 1.40. The van der Waals surface area contributed by atoms with E-state index in [1.165, 1.54) is 11.0 Å². The Bertz CT molecular complexity index is 394. The molecule has 0 unspecified atom stereocenters. The van der Waals surface area contributed by atoms with E-state index in [2.05, 4.69) is 19.4 Å². The van der Waals surface area contributed by atoms with E-state index in [-0.39, 0.29) is 5.75 Å². The highest BCUT2D eigenvalue weighted by atomic mass is 19.4. The Labute approximate surface area is 117 Å². The summed E-state index contributed by atoms with van der Waals surface area (Å²) in [6.07, 6.45) is -3.50. The third kappa shape index (κ3) is 6.77. The molecule has 1 aromatic rings. The first-order valence-electron chi connectivity index (χ1n) is 6.80. The lowest BCUT2D eigenvalue weighted by atomic mass is 10.2. The van der Waals surface area contributed by atoms with Gasteiger partial charge in [0.1, 0.15) is 18.8 Å². The second-order valence-electron chi connectivity index (χ2n) is 5.05. The summed E-state index contributed by atoms with van der Waals surface area (Å²) in [5.74, 6) is 0.276. The van der Waals surface area contributed by atoms with Crippen molar-refractivity contribution in [2.75, 3.05) is 40.3 Å². The van der Waals surface area contributed by atoms with Crippen LogP contribution in [0.2, 0.25) is 0 Å². The van der Waals surface area contributed by atoms with Gasteiger partial charge in [-0.15, -0.1) is 0 Å². The van der Waals surface area contributed by atoms with Gasteiger partial charge in [-0.3, -0.25) is 0 Å². The summed E-state index contributed by atoms with van der Waals surface area (Å²) < 4.78 is 42.8. The molecule has 0 aliphatic carbocycles. The fourth-order valence-electron chi connectivity index (χ4n) is 1.71. The van der Waals surface area contributed by atoms with E-state index in [9.17, 15) is 13.2 Å². The standard InChI is InChI=1S/C14H21F3N2O/c1-19(2)9-8-18-7-4-10-20-13-6-3-5-12(11-13)14(15,16)17/h3,5-6,11,18H,4,7-10H2,1-2H3/p+2. The minimum Gasteiger partial charge on any atom is -0.493 e. The van der Waals surface area contributed by atoms with Crippen molar-refractivity contribution in [1.29, 1.82) is 0 Å². The zero-order chi connectivity index (χ0) is 15.0. The van der Waals surface area contributed by atoms with E-state index in [4.69, 9.17) is 4.74 Å². The van der Waals surface area contributed by atoms with Crippen LogP contribution >= 0.6 is 0 Å². The van der Waals surface area contributed by atoms with Crippen LogP contribution in [0.3, 0.4) is 0 Å². The Hall–Kier alpha value is -1.27. The number of likely N-dealkylation sites (N-methyl/N-ethyl adjacent to an activating group) is 1. The van der Waals surface area contributed by atoms with Crippen molar-refractivity contribution < 1.29 is 28.1 Å². The Morgan fingerprint density at radius 1 is 1.20 bits per heavy atom. The van der Waals surface area contributed by atoms with Gasteiger partial charge in [0.05, 0.1) is 32.8 Å². The number of alkyl halides is 3. The van der Waals surface area contributed by atoms with Crippen molar-refractivity contribution in [3.05, 3.63) is 29.8 Å². The van der Waals surface area contributed by atoms with Gasteiger partial charge >= 0.3 is 6.18 Å².